The molecule has 0 bridgehead atoms. The Balaban J connectivity index is 2.07. The lowest BCUT2D eigenvalue weighted by molar-refractivity contribution is -0.143. The Morgan fingerprint density at radius 1 is 1.10 bits per heavy atom. The number of ether oxygens (including phenoxy) is 1. The Bertz CT molecular complexity index is 365. The van der Waals surface area contributed by atoms with Crippen molar-refractivity contribution in [2.75, 3.05) is 25.1 Å². The summed E-state index contributed by atoms with van der Waals surface area (Å²) in [5, 5.41) is 0. The molecule has 3 nitrogen and oxygen atoms in total. The third-order valence-electron chi connectivity index (χ3n) is 3.37. The number of esters is 1. The second-order valence-corrected chi connectivity index (χ2v) is 5.14. The molecule has 0 aromatic heterocycles. The number of hydrogen-bond acceptors (Lipinski definition) is 3. The van der Waals surface area contributed by atoms with E-state index in [0.29, 0.717) is 13.0 Å². The lowest BCUT2D eigenvalue weighted by atomic mass is 10.1. The third-order valence-corrected chi connectivity index (χ3v) is 3.37. The molecule has 0 heterocycles. The molecule has 112 valence electrons. The van der Waals surface area contributed by atoms with Crippen LogP contribution in [0.4, 0.5) is 5.69 Å². The van der Waals surface area contributed by atoms with Gasteiger partial charge in [-0.25, -0.2) is 0 Å². The SMILES string of the molecule is CCCCCCCC(=O)OCCN(C)c1ccccc1. The van der Waals surface area contributed by atoms with Gasteiger partial charge in [0.1, 0.15) is 6.61 Å². The minimum absolute atomic E-state index is 0.0667. The first-order valence-corrected chi connectivity index (χ1v) is 7.66. The normalized spacial score (nSPS) is 10.3. The molecule has 20 heavy (non-hydrogen) atoms. The van der Waals surface area contributed by atoms with Crippen molar-refractivity contribution in [2.24, 2.45) is 0 Å². The molecule has 1 aromatic rings. The smallest absolute Gasteiger partial charge is 0.305 e. The van der Waals surface area contributed by atoms with Crippen molar-refractivity contribution < 1.29 is 9.53 Å². The number of carbonyl (C=O) groups is 1. The summed E-state index contributed by atoms with van der Waals surface area (Å²) >= 11 is 0. The van der Waals surface area contributed by atoms with Crippen molar-refractivity contribution in [1.82, 2.24) is 0 Å². The number of hydrogen-bond donors (Lipinski definition) is 0. The topological polar surface area (TPSA) is 29.5 Å². The first kappa shape index (κ1) is 16.5. The zero-order valence-corrected chi connectivity index (χ0v) is 12.8. The molecule has 0 N–H and O–H groups in total. The number of rotatable bonds is 10. The Hall–Kier alpha value is -1.51. The first-order chi connectivity index (χ1) is 9.74. The largest absolute Gasteiger partial charge is 0.464 e. The fourth-order valence-corrected chi connectivity index (χ4v) is 2.05. The Labute approximate surface area is 122 Å². The number of nitrogens with zero attached hydrogens (tertiary/aromatic N) is 1. The molecule has 3 heteroatoms. The van der Waals surface area contributed by atoms with Crippen LogP contribution in [0.15, 0.2) is 30.3 Å². The Morgan fingerprint density at radius 3 is 2.50 bits per heavy atom. The minimum Gasteiger partial charge on any atom is -0.464 e. The van der Waals surface area contributed by atoms with Crippen LogP contribution in [0, 0.1) is 0 Å². The standard InChI is InChI=1S/C17H27NO2/c1-3-4-5-6-10-13-17(19)20-15-14-18(2)16-11-8-7-9-12-16/h7-9,11-12H,3-6,10,13-15H2,1-2H3. The third kappa shape index (κ3) is 7.17. The Kier molecular flexibility index (Phi) is 8.52. The average molecular weight is 277 g/mol. The molecule has 0 spiro atoms. The summed E-state index contributed by atoms with van der Waals surface area (Å²) < 4.78 is 5.26. The zero-order chi connectivity index (χ0) is 14.6. The van der Waals surface area contributed by atoms with E-state index in [1.807, 2.05) is 25.2 Å². The molecule has 0 aliphatic carbocycles. The van der Waals surface area contributed by atoms with Crippen molar-refractivity contribution in [3.8, 4) is 0 Å². The molecule has 0 unspecified atom stereocenters. The van der Waals surface area contributed by atoms with Gasteiger partial charge in [-0.2, -0.15) is 0 Å². The van der Waals surface area contributed by atoms with E-state index in [2.05, 4.69) is 24.0 Å². The summed E-state index contributed by atoms with van der Waals surface area (Å²) in [5.41, 5.74) is 1.14. The number of anilines is 1. The molecular weight excluding hydrogens is 250 g/mol. The number of unbranched alkanes of at least 4 members (excludes halogenated alkanes) is 4. The lowest BCUT2D eigenvalue weighted by Crippen LogP contribution is -2.23. The van der Waals surface area contributed by atoms with Crippen LogP contribution in [0.2, 0.25) is 0 Å². The molecule has 0 aliphatic rings. The quantitative estimate of drug-likeness (QED) is 0.478. The van der Waals surface area contributed by atoms with Gasteiger partial charge in [-0.15, -0.1) is 0 Å². The summed E-state index contributed by atoms with van der Waals surface area (Å²) in [5.74, 6) is -0.0667. The molecule has 0 amide bonds. The van der Waals surface area contributed by atoms with Gasteiger partial charge < -0.3 is 9.64 Å². The van der Waals surface area contributed by atoms with Crippen LogP contribution in [0.25, 0.3) is 0 Å². The summed E-state index contributed by atoms with van der Waals surface area (Å²) in [7, 11) is 2.01. The van der Waals surface area contributed by atoms with E-state index < -0.39 is 0 Å². The summed E-state index contributed by atoms with van der Waals surface area (Å²) in [6, 6.07) is 10.1. The van der Waals surface area contributed by atoms with Crippen LogP contribution in [-0.4, -0.2) is 26.2 Å². The van der Waals surface area contributed by atoms with Gasteiger partial charge in [-0.1, -0.05) is 50.8 Å². The lowest BCUT2D eigenvalue weighted by Gasteiger charge is -2.18. The second kappa shape index (κ2) is 10.3. The van der Waals surface area contributed by atoms with Gasteiger partial charge in [-0.05, 0) is 18.6 Å². The summed E-state index contributed by atoms with van der Waals surface area (Å²) in [6.07, 6.45) is 6.35. The van der Waals surface area contributed by atoms with Crippen molar-refractivity contribution in [3.05, 3.63) is 30.3 Å². The highest BCUT2D eigenvalue weighted by Gasteiger charge is 2.04. The predicted octanol–water partition coefficient (Wildman–Crippen LogP) is 4.03. The van der Waals surface area contributed by atoms with Gasteiger partial charge in [0, 0.05) is 19.2 Å². The molecule has 0 saturated carbocycles. The fraction of sp³-hybridized carbons (Fsp3) is 0.588. The number of carbonyl (C=O) groups excluding carboxylic acids is 1. The molecule has 1 aromatic carbocycles. The molecule has 0 atom stereocenters. The molecular formula is C17H27NO2. The van der Waals surface area contributed by atoms with E-state index in [-0.39, 0.29) is 5.97 Å². The highest BCUT2D eigenvalue weighted by atomic mass is 16.5. The van der Waals surface area contributed by atoms with Crippen LogP contribution < -0.4 is 4.90 Å². The summed E-state index contributed by atoms with van der Waals surface area (Å²) in [4.78, 5) is 13.6. The number of likely N-dealkylation sites (N-methyl/N-ethyl adjacent to an activating group) is 1. The van der Waals surface area contributed by atoms with Gasteiger partial charge in [0.05, 0.1) is 6.54 Å². The molecule has 0 radical (unpaired) electrons. The van der Waals surface area contributed by atoms with Crippen LogP contribution in [0.3, 0.4) is 0 Å². The van der Waals surface area contributed by atoms with Crippen LogP contribution >= 0.6 is 0 Å². The first-order valence-electron chi connectivity index (χ1n) is 7.66. The molecule has 0 aliphatic heterocycles. The van der Waals surface area contributed by atoms with Crippen molar-refractivity contribution >= 4 is 11.7 Å². The molecule has 0 saturated heterocycles. The second-order valence-electron chi connectivity index (χ2n) is 5.14. The highest BCUT2D eigenvalue weighted by Crippen LogP contribution is 2.10. The van der Waals surface area contributed by atoms with Crippen molar-refractivity contribution in [3.63, 3.8) is 0 Å². The average Bonchev–Trinajstić information content (AvgIpc) is 2.48. The molecule has 0 fully saturated rings. The maximum atomic E-state index is 11.6. The number of para-hydroxylation sites is 1. The van der Waals surface area contributed by atoms with Gasteiger partial charge >= 0.3 is 5.97 Å². The van der Waals surface area contributed by atoms with Gasteiger partial charge in [0.2, 0.25) is 0 Å². The van der Waals surface area contributed by atoms with E-state index in [1.165, 1.54) is 19.3 Å². The van der Waals surface area contributed by atoms with Gasteiger partial charge in [-0.3, -0.25) is 4.79 Å². The van der Waals surface area contributed by atoms with Crippen LogP contribution in [-0.2, 0) is 9.53 Å². The summed E-state index contributed by atoms with van der Waals surface area (Å²) in [6.45, 7) is 3.38. The zero-order valence-electron chi connectivity index (χ0n) is 12.8. The van der Waals surface area contributed by atoms with E-state index in [4.69, 9.17) is 4.74 Å². The van der Waals surface area contributed by atoms with Crippen LogP contribution in [0.1, 0.15) is 45.4 Å². The van der Waals surface area contributed by atoms with Gasteiger partial charge in [0.15, 0.2) is 0 Å². The van der Waals surface area contributed by atoms with E-state index in [9.17, 15) is 4.79 Å². The van der Waals surface area contributed by atoms with Crippen molar-refractivity contribution in [2.45, 2.75) is 45.4 Å². The predicted molar refractivity (Wildman–Crippen MR) is 84.0 cm³/mol. The minimum atomic E-state index is -0.0667. The molecule has 1 rings (SSSR count). The maximum absolute atomic E-state index is 11.6. The van der Waals surface area contributed by atoms with E-state index in [0.717, 1.165) is 25.1 Å². The Morgan fingerprint density at radius 2 is 1.80 bits per heavy atom. The monoisotopic (exact) mass is 277 g/mol. The van der Waals surface area contributed by atoms with E-state index >= 15 is 0 Å². The highest BCUT2D eigenvalue weighted by molar-refractivity contribution is 5.69. The van der Waals surface area contributed by atoms with Gasteiger partial charge in [0.25, 0.3) is 0 Å². The maximum Gasteiger partial charge on any atom is 0.305 e. The van der Waals surface area contributed by atoms with Crippen molar-refractivity contribution in [1.29, 1.82) is 0 Å². The van der Waals surface area contributed by atoms with E-state index in [1.54, 1.807) is 0 Å². The van der Waals surface area contributed by atoms with Crippen LogP contribution in [0.5, 0.6) is 0 Å². The fourth-order valence-electron chi connectivity index (χ4n) is 2.05. The number of benzene rings is 1.